The molecule has 0 saturated heterocycles. The number of aliphatic hydroxyl groups excluding tert-OH is 2. The molecule has 3 heterocycles. The Morgan fingerprint density at radius 3 is 2.56 bits per heavy atom. The highest BCUT2D eigenvalue weighted by Gasteiger charge is 2.26. The van der Waals surface area contributed by atoms with Crippen molar-refractivity contribution < 1.29 is 23.4 Å². The molecule has 0 fully saturated rings. The summed E-state index contributed by atoms with van der Waals surface area (Å²) in [5.41, 5.74) is 1.16. The monoisotopic (exact) mass is 519 g/mol. The molecule has 14 heteroatoms. The number of fused-ring (bicyclic) bond motifs is 3. The second kappa shape index (κ2) is 10.7. The van der Waals surface area contributed by atoms with E-state index in [0.717, 1.165) is 17.1 Å². The largest absolute Gasteiger partial charge is 0.493 e. The van der Waals surface area contributed by atoms with Gasteiger partial charge in [-0.15, -0.1) is 10.2 Å². The minimum atomic E-state index is -4.04. The molecular weight excluding hydrogens is 490 g/mol. The fraction of sp³-hybridized carbons (Fsp3) is 0.455. The van der Waals surface area contributed by atoms with E-state index in [1.165, 1.54) is 27.4 Å². The molecule has 36 heavy (non-hydrogen) atoms. The van der Waals surface area contributed by atoms with Crippen molar-refractivity contribution in [3.63, 3.8) is 0 Å². The molecule has 0 bridgehead atoms. The number of aryl methyl sites for hydroxylation is 1. The summed E-state index contributed by atoms with van der Waals surface area (Å²) in [4.78, 5) is 20.6. The molecule has 0 aliphatic heterocycles. The van der Waals surface area contributed by atoms with Crippen LogP contribution in [0.25, 0.3) is 28.2 Å². The van der Waals surface area contributed by atoms with Crippen molar-refractivity contribution >= 4 is 26.8 Å². The van der Waals surface area contributed by atoms with Crippen molar-refractivity contribution in [1.29, 1.82) is 0 Å². The van der Waals surface area contributed by atoms with Crippen molar-refractivity contribution in [3.05, 3.63) is 35.0 Å². The highest BCUT2D eigenvalue weighted by atomic mass is 32.2. The molecule has 0 amide bonds. The summed E-state index contributed by atoms with van der Waals surface area (Å²) in [7, 11) is -4.04. The van der Waals surface area contributed by atoms with Crippen LogP contribution in [-0.4, -0.2) is 85.0 Å². The molecule has 0 atom stereocenters. The zero-order valence-corrected chi connectivity index (χ0v) is 20.9. The molecule has 3 N–H and O–H groups in total. The summed E-state index contributed by atoms with van der Waals surface area (Å²) >= 11 is 0. The van der Waals surface area contributed by atoms with E-state index in [-0.39, 0.29) is 23.7 Å². The number of unbranched alkanes of at least 4 members (excludes halogenated alkanes) is 1. The third-order valence-corrected chi connectivity index (χ3v) is 7.66. The van der Waals surface area contributed by atoms with E-state index in [4.69, 9.17) is 4.74 Å². The predicted molar refractivity (Wildman–Crippen MR) is 131 cm³/mol. The van der Waals surface area contributed by atoms with Crippen molar-refractivity contribution in [3.8, 4) is 17.1 Å². The van der Waals surface area contributed by atoms with Gasteiger partial charge in [0.1, 0.15) is 23.4 Å². The van der Waals surface area contributed by atoms with E-state index >= 15 is 0 Å². The highest BCUT2D eigenvalue weighted by Crippen LogP contribution is 2.33. The van der Waals surface area contributed by atoms with Gasteiger partial charge in [0.05, 0.1) is 30.3 Å². The maximum absolute atomic E-state index is 13.3. The van der Waals surface area contributed by atoms with Gasteiger partial charge in [-0.25, -0.2) is 22.6 Å². The molecule has 1 aromatic carbocycles. The number of aliphatic hydroxyl groups is 2. The lowest BCUT2D eigenvalue weighted by atomic mass is 10.2. The zero-order valence-electron chi connectivity index (χ0n) is 20.1. The van der Waals surface area contributed by atoms with Crippen LogP contribution in [0.4, 0.5) is 0 Å². The molecule has 13 nitrogen and oxygen atoms in total. The van der Waals surface area contributed by atoms with Crippen LogP contribution < -0.4 is 10.4 Å². The number of nitrogens with zero attached hydrogens (tertiary/aromatic N) is 6. The van der Waals surface area contributed by atoms with Gasteiger partial charge in [0.2, 0.25) is 10.0 Å². The number of imidazole rings is 1. The Bertz CT molecular complexity index is 1520. The Hall–Kier alpha value is -3.33. The van der Waals surface area contributed by atoms with Crippen LogP contribution in [0.5, 0.6) is 5.75 Å². The molecule has 0 unspecified atom stereocenters. The molecule has 0 saturated carbocycles. The third kappa shape index (κ3) is 4.59. The molecule has 3 aromatic heterocycles. The highest BCUT2D eigenvalue weighted by molar-refractivity contribution is 7.89. The Morgan fingerprint density at radius 2 is 1.89 bits per heavy atom. The molecule has 0 radical (unpaired) electrons. The number of hydrogen-bond acceptors (Lipinski definition) is 9. The summed E-state index contributed by atoms with van der Waals surface area (Å²) in [6, 6.07) is 4.41. The topological polar surface area (TPSA) is 168 Å². The molecule has 4 rings (SSSR count). The fourth-order valence-electron chi connectivity index (χ4n) is 3.93. The maximum atomic E-state index is 13.3. The molecule has 0 spiro atoms. The van der Waals surface area contributed by atoms with Gasteiger partial charge in [0, 0.05) is 19.6 Å². The number of ether oxygens (including phenoxy) is 1. The lowest BCUT2D eigenvalue weighted by molar-refractivity contribution is 0.217. The Kier molecular flexibility index (Phi) is 7.68. The number of sulfonamides is 1. The van der Waals surface area contributed by atoms with Crippen molar-refractivity contribution in [2.75, 3.05) is 32.9 Å². The standard InChI is InChI=1S/C22H29N7O6S/c1-3-5-12-35-17-7-6-15(36(33,34)27(8-10-30)9-11-31)13-16(17)19-24-18-20(25-19)28(4-2)22(32)29-14-23-26-21(18)29/h6-7,13-14,30-31H,3-5,8-12H2,1-2H3,(H,24,25). The van der Waals surface area contributed by atoms with Gasteiger partial charge in [0.15, 0.2) is 11.3 Å². The van der Waals surface area contributed by atoms with Gasteiger partial charge in [-0.3, -0.25) is 4.57 Å². The molecular formula is C22H29N7O6S. The Balaban J connectivity index is 1.92. The minimum absolute atomic E-state index is 0.0526. The first kappa shape index (κ1) is 25.8. The molecule has 4 aromatic rings. The maximum Gasteiger partial charge on any atom is 0.336 e. The average molecular weight is 520 g/mol. The molecule has 194 valence electrons. The summed E-state index contributed by atoms with van der Waals surface area (Å²) < 4.78 is 36.3. The van der Waals surface area contributed by atoms with E-state index in [2.05, 4.69) is 20.2 Å². The van der Waals surface area contributed by atoms with Gasteiger partial charge in [-0.05, 0) is 31.5 Å². The zero-order chi connectivity index (χ0) is 25.9. The number of benzene rings is 1. The average Bonchev–Trinajstić information content (AvgIpc) is 3.52. The fourth-order valence-corrected chi connectivity index (χ4v) is 5.37. The number of aromatic nitrogens is 6. The lowest BCUT2D eigenvalue weighted by Gasteiger charge is -2.21. The third-order valence-electron chi connectivity index (χ3n) is 5.76. The van der Waals surface area contributed by atoms with Crippen LogP contribution >= 0.6 is 0 Å². The normalized spacial score (nSPS) is 12.2. The quantitative estimate of drug-likeness (QED) is 0.227. The van der Waals surface area contributed by atoms with Crippen LogP contribution in [0.15, 0.2) is 34.2 Å². The van der Waals surface area contributed by atoms with Crippen LogP contribution in [0, 0.1) is 0 Å². The van der Waals surface area contributed by atoms with Gasteiger partial charge in [-0.2, -0.15) is 4.31 Å². The van der Waals surface area contributed by atoms with Crippen LogP contribution in [0.2, 0.25) is 0 Å². The Morgan fingerprint density at radius 1 is 1.14 bits per heavy atom. The predicted octanol–water partition coefficient (Wildman–Crippen LogP) is 0.608. The number of aromatic amines is 1. The number of H-pyrrole nitrogens is 1. The Labute approximate surface area is 207 Å². The van der Waals surface area contributed by atoms with Crippen LogP contribution in [-0.2, 0) is 16.6 Å². The van der Waals surface area contributed by atoms with Crippen molar-refractivity contribution in [2.45, 2.75) is 38.1 Å². The number of nitrogens with one attached hydrogen (secondary N) is 1. The SMILES string of the molecule is CCCCOc1ccc(S(=O)(=O)N(CCO)CCO)cc1-c1nc2c([nH]1)c1nncn1c(=O)n2CC. The minimum Gasteiger partial charge on any atom is -0.493 e. The van der Waals surface area contributed by atoms with Crippen molar-refractivity contribution in [1.82, 2.24) is 33.4 Å². The van der Waals surface area contributed by atoms with E-state index < -0.39 is 23.2 Å². The number of rotatable bonds is 12. The summed E-state index contributed by atoms with van der Waals surface area (Å²) in [5.74, 6) is 0.710. The molecule has 0 aliphatic rings. The smallest absolute Gasteiger partial charge is 0.336 e. The van der Waals surface area contributed by atoms with E-state index in [1.807, 2.05) is 13.8 Å². The second-order valence-corrected chi connectivity index (χ2v) is 9.98. The second-order valence-electron chi connectivity index (χ2n) is 8.05. The van der Waals surface area contributed by atoms with Crippen molar-refractivity contribution in [2.24, 2.45) is 0 Å². The van der Waals surface area contributed by atoms with Gasteiger partial charge in [-0.1, -0.05) is 13.3 Å². The van der Waals surface area contributed by atoms with Gasteiger partial charge in [0.25, 0.3) is 0 Å². The van der Waals surface area contributed by atoms with Crippen LogP contribution in [0.1, 0.15) is 26.7 Å². The summed E-state index contributed by atoms with van der Waals surface area (Å²) in [6.07, 6.45) is 3.04. The van der Waals surface area contributed by atoms with E-state index in [0.29, 0.717) is 47.1 Å². The first-order chi connectivity index (χ1) is 17.4. The lowest BCUT2D eigenvalue weighted by Crippen LogP contribution is -2.35. The first-order valence-corrected chi connectivity index (χ1v) is 13.1. The van der Waals surface area contributed by atoms with Gasteiger partial charge < -0.3 is 19.9 Å². The van der Waals surface area contributed by atoms with E-state index in [1.54, 1.807) is 6.07 Å². The molecule has 0 aliphatic carbocycles. The number of hydrogen-bond donors (Lipinski definition) is 3. The van der Waals surface area contributed by atoms with E-state index in [9.17, 15) is 23.4 Å². The summed E-state index contributed by atoms with van der Waals surface area (Å²) in [5, 5.41) is 26.5. The summed E-state index contributed by atoms with van der Waals surface area (Å²) in [6.45, 7) is 3.51. The first-order valence-electron chi connectivity index (χ1n) is 11.7. The van der Waals surface area contributed by atoms with Gasteiger partial charge >= 0.3 is 5.69 Å². The van der Waals surface area contributed by atoms with Crippen LogP contribution in [0.3, 0.4) is 0 Å².